The van der Waals surface area contributed by atoms with E-state index in [-0.39, 0.29) is 54.3 Å². The first-order chi connectivity index (χ1) is 27.0. The monoisotopic (exact) mass is 957 g/mol. The molecule has 1 N–H and O–H groups in total. The van der Waals surface area contributed by atoms with E-state index in [1.807, 2.05) is 33.9 Å². The second-order valence-electron chi connectivity index (χ2n) is 18.5. The molecular weight excluding hydrogens is 895 g/mol. The largest absolute Gasteiger partial charge is 0.512 e. The van der Waals surface area contributed by atoms with Crippen molar-refractivity contribution in [1.29, 1.82) is 0 Å². The molecule has 0 saturated carbocycles. The van der Waals surface area contributed by atoms with Gasteiger partial charge in [0, 0.05) is 60.7 Å². The van der Waals surface area contributed by atoms with Crippen molar-refractivity contribution in [2.75, 3.05) is 0 Å². The minimum Gasteiger partial charge on any atom is -0.512 e. The van der Waals surface area contributed by atoms with Crippen LogP contribution in [0.4, 0.5) is 0 Å². The van der Waals surface area contributed by atoms with Gasteiger partial charge in [-0.25, -0.2) is 0 Å². The van der Waals surface area contributed by atoms with Gasteiger partial charge in [-0.2, -0.15) is 0 Å². The Kier molecular flexibility index (Phi) is 13.9. The number of fused-ring (bicyclic) bond motifs is 4. The summed E-state index contributed by atoms with van der Waals surface area (Å²) >= 11 is 0. The van der Waals surface area contributed by atoms with Gasteiger partial charge in [0.15, 0.2) is 5.78 Å². The van der Waals surface area contributed by atoms with Crippen LogP contribution in [-0.2, 0) is 37.7 Å². The molecule has 0 saturated heterocycles. The Bertz CT molecular complexity index is 2580. The maximum atomic E-state index is 11.7. The van der Waals surface area contributed by atoms with E-state index in [9.17, 15) is 9.90 Å². The summed E-state index contributed by atoms with van der Waals surface area (Å²) in [6.07, 6.45) is 8.76. The molecular formula is C52H62IrNO4-. The fourth-order valence-corrected chi connectivity index (χ4v) is 8.64. The predicted molar refractivity (Wildman–Crippen MR) is 240 cm³/mol. The molecule has 1 radical (unpaired) electrons. The van der Waals surface area contributed by atoms with Gasteiger partial charge in [-0.15, -0.1) is 17.5 Å². The summed E-state index contributed by atoms with van der Waals surface area (Å²) < 4.78 is 13.7. The number of ketones is 1. The summed E-state index contributed by atoms with van der Waals surface area (Å²) in [5.41, 5.74) is 11.8. The van der Waals surface area contributed by atoms with Crippen molar-refractivity contribution in [3.05, 3.63) is 101 Å². The molecule has 0 spiro atoms. The van der Waals surface area contributed by atoms with Gasteiger partial charge in [-0.3, -0.25) is 9.78 Å². The molecule has 3 heterocycles. The van der Waals surface area contributed by atoms with Crippen molar-refractivity contribution in [3.63, 3.8) is 0 Å². The predicted octanol–water partition coefficient (Wildman–Crippen LogP) is 15.2. The molecule has 0 atom stereocenters. The first-order valence-electron chi connectivity index (χ1n) is 21.0. The first kappa shape index (κ1) is 44.8. The molecule has 0 amide bonds. The molecule has 0 aliphatic carbocycles. The summed E-state index contributed by atoms with van der Waals surface area (Å²) in [7, 11) is 0. The first-order valence-corrected chi connectivity index (χ1v) is 21.0. The fourth-order valence-electron chi connectivity index (χ4n) is 8.64. The van der Waals surface area contributed by atoms with Crippen molar-refractivity contribution < 1.29 is 38.8 Å². The number of aryl methyl sites for hydroxylation is 2. The number of carbonyl (C=O) groups excluding carboxylic acids is 1. The number of furan rings is 1. The van der Waals surface area contributed by atoms with Crippen LogP contribution >= 0.6 is 0 Å². The standard InChI is InChI=1S/C39H38NO2.C13H24O2.Ir/c1-22-15-24(20-38(3,4)5)16-23(2)32(22)28-13-14-40-35-29-19-26-11-9-10-12-27(26)36-33(29)34-30(41-36)17-25(21-39(6,7)8)18-31(34)42-37(28)35;1-5-10(6-2)12(14)9-13(15)11(7-3)8-4;/h9-18H,20-21H2,1-8H3;9-11,14H,5-8H2,1-4H3;/q-1;;/b;12-9-;. The maximum absolute atomic E-state index is 11.7. The molecule has 5 nitrogen and oxygen atoms in total. The van der Waals surface area contributed by atoms with Crippen LogP contribution in [0.15, 0.2) is 81.5 Å². The van der Waals surface area contributed by atoms with Gasteiger partial charge >= 0.3 is 0 Å². The van der Waals surface area contributed by atoms with Crippen molar-refractivity contribution in [2.24, 2.45) is 22.7 Å². The van der Waals surface area contributed by atoms with Crippen molar-refractivity contribution in [2.45, 2.75) is 122 Å². The number of carbonyl (C=O) groups is 1. The Morgan fingerprint density at radius 2 is 1.29 bits per heavy atom. The van der Waals surface area contributed by atoms with E-state index < -0.39 is 0 Å². The zero-order valence-electron chi connectivity index (χ0n) is 36.7. The van der Waals surface area contributed by atoms with Crippen LogP contribution in [0.1, 0.15) is 117 Å². The number of aliphatic hydroxyl groups excluding tert-OH is 1. The smallest absolute Gasteiger partial charge is 0.162 e. The van der Waals surface area contributed by atoms with Crippen molar-refractivity contribution in [1.82, 2.24) is 4.98 Å². The molecule has 0 fully saturated rings. The third-order valence-corrected chi connectivity index (χ3v) is 11.3. The van der Waals surface area contributed by atoms with Gasteiger partial charge in [0.1, 0.15) is 16.7 Å². The zero-order valence-corrected chi connectivity index (χ0v) is 39.1. The number of aliphatic hydroxyl groups is 1. The van der Waals surface area contributed by atoms with Crippen LogP contribution in [0.5, 0.6) is 0 Å². The summed E-state index contributed by atoms with van der Waals surface area (Å²) in [6.45, 7) is 26.2. The van der Waals surface area contributed by atoms with Crippen LogP contribution in [0, 0.1) is 42.6 Å². The Labute approximate surface area is 359 Å². The Morgan fingerprint density at radius 1 is 0.759 bits per heavy atom. The summed E-state index contributed by atoms with van der Waals surface area (Å²) in [5, 5.41) is 14.8. The van der Waals surface area contributed by atoms with Gasteiger partial charge in [-0.1, -0.05) is 105 Å². The molecule has 58 heavy (non-hydrogen) atoms. The van der Waals surface area contributed by atoms with E-state index in [1.165, 1.54) is 33.9 Å². The third kappa shape index (κ3) is 9.45. The minimum absolute atomic E-state index is 0. The molecule has 3 aromatic heterocycles. The number of pyridine rings is 1. The Morgan fingerprint density at radius 3 is 1.84 bits per heavy atom. The van der Waals surface area contributed by atoms with Crippen molar-refractivity contribution >= 4 is 60.6 Å². The van der Waals surface area contributed by atoms with E-state index in [4.69, 9.17) is 13.8 Å². The summed E-state index contributed by atoms with van der Waals surface area (Å²) in [4.78, 5) is 16.7. The van der Waals surface area contributed by atoms with Gasteiger partial charge in [0.05, 0.1) is 11.3 Å². The zero-order chi connectivity index (χ0) is 41.4. The number of aromatic nitrogens is 1. The number of hydrogen-bond acceptors (Lipinski definition) is 5. The maximum Gasteiger partial charge on any atom is 0.162 e. The average molecular weight is 957 g/mol. The molecule has 309 valence electrons. The fraction of sp³-hybridized carbons (Fsp3) is 0.423. The second kappa shape index (κ2) is 17.9. The summed E-state index contributed by atoms with van der Waals surface area (Å²) in [5.74, 6) is 0.547. The van der Waals surface area contributed by atoms with Crippen molar-refractivity contribution in [3.8, 4) is 11.1 Å². The third-order valence-electron chi connectivity index (χ3n) is 11.3. The second-order valence-corrected chi connectivity index (χ2v) is 18.5. The molecule has 6 heteroatoms. The number of rotatable bonds is 10. The molecule has 4 aromatic carbocycles. The van der Waals surface area contributed by atoms with Gasteiger partial charge in [0.25, 0.3) is 0 Å². The quantitative estimate of drug-likeness (QED) is 0.0840. The van der Waals surface area contributed by atoms with Crippen LogP contribution in [0.2, 0.25) is 0 Å². The Hall–Kier alpha value is -4.25. The van der Waals surface area contributed by atoms with E-state index in [0.29, 0.717) is 0 Å². The molecule has 0 unspecified atom stereocenters. The number of allylic oxidation sites excluding steroid dienone is 2. The molecule has 0 aliphatic heterocycles. The van der Waals surface area contributed by atoms with E-state index in [1.54, 1.807) is 0 Å². The van der Waals surface area contributed by atoms with Crippen LogP contribution in [0.3, 0.4) is 0 Å². The molecule has 7 aromatic rings. The van der Waals surface area contributed by atoms with Gasteiger partial charge in [0.2, 0.25) is 0 Å². The average Bonchev–Trinajstić information content (AvgIpc) is 3.45. The normalized spacial score (nSPS) is 12.6. The van der Waals surface area contributed by atoms with Crippen LogP contribution in [-0.4, -0.2) is 15.9 Å². The molecule has 0 bridgehead atoms. The topological polar surface area (TPSA) is 76.5 Å². The SMILES string of the molecule is CCC(CC)C(=O)/C=C(\O)C(CC)CC.Cc1cc(CC(C)(C)C)cc(C)c1-c1ccnc2c1oc1cc(CC(C)(C)C)cc3oc4c5ccccc5[c-]c2c4c13.[Ir]. The minimum atomic E-state index is 0. The number of nitrogens with zero attached hydrogens (tertiary/aromatic N) is 1. The van der Waals surface area contributed by atoms with Crippen LogP contribution in [0.25, 0.3) is 65.9 Å². The summed E-state index contributed by atoms with van der Waals surface area (Å²) in [6, 6.07) is 23.2. The molecule has 7 rings (SSSR count). The van der Waals surface area contributed by atoms with Gasteiger partial charge in [-0.05, 0) is 120 Å². The van der Waals surface area contributed by atoms with Crippen LogP contribution < -0.4 is 0 Å². The number of benzene rings is 4. The number of hydrogen-bond donors (Lipinski definition) is 1. The van der Waals surface area contributed by atoms with Gasteiger partial charge < -0.3 is 13.9 Å². The van der Waals surface area contributed by atoms with E-state index >= 15 is 0 Å². The Balaban J connectivity index is 0.000000344. The molecule has 0 aliphatic rings. The van der Waals surface area contributed by atoms with E-state index in [2.05, 4.69) is 116 Å². The van der Waals surface area contributed by atoms with E-state index in [0.717, 1.165) is 98.9 Å².